The van der Waals surface area contributed by atoms with Gasteiger partial charge in [0.05, 0.1) is 0 Å². The SMILES string of the molecule is CCCCCCCCC1(CCCCCCCC)c2cc(Nc3c(O)c(O)c4c(c3O)C(C)(C)C(C)(C)C4(C)C)ccc2-c2ccc(N(c3ccc(Br)cc3)c3c(O)c(O)c4c(c3O)C(C)(C)C(C)(C)C4(C)C)cc21. The van der Waals surface area contributed by atoms with Crippen molar-refractivity contribution in [3.63, 3.8) is 0 Å². The smallest absolute Gasteiger partial charge is 0.186 e. The molecule has 0 spiro atoms. The van der Waals surface area contributed by atoms with Gasteiger partial charge in [0, 0.05) is 49.2 Å². The highest BCUT2D eigenvalue weighted by Gasteiger charge is 2.62. The van der Waals surface area contributed by atoms with E-state index in [-0.39, 0.29) is 51.3 Å². The molecule has 0 unspecified atom stereocenters. The first-order chi connectivity index (χ1) is 34.6. The molecular weight excluding hydrogens is 985 g/mol. The highest BCUT2D eigenvalue weighted by Crippen LogP contribution is 2.71. The molecule has 5 aromatic rings. The lowest BCUT2D eigenvalue weighted by Crippen LogP contribution is -2.42. The van der Waals surface area contributed by atoms with Gasteiger partial charge in [-0.15, -0.1) is 0 Å². The van der Waals surface area contributed by atoms with Gasteiger partial charge in [-0.25, -0.2) is 0 Å². The summed E-state index contributed by atoms with van der Waals surface area (Å²) in [7, 11) is 0. The number of halogens is 1. The molecule has 5 aromatic carbocycles. The first-order valence-corrected chi connectivity index (χ1v) is 28.7. The molecule has 0 amide bonds. The maximum atomic E-state index is 12.9. The molecular formula is C65H87BrN2O6. The van der Waals surface area contributed by atoms with Crippen LogP contribution in [0.3, 0.4) is 0 Å². The second-order valence-electron chi connectivity index (χ2n) is 25.6. The number of unbranched alkanes of at least 4 members (excludes halogenated alkanes) is 10. The van der Waals surface area contributed by atoms with Gasteiger partial charge in [0.25, 0.3) is 0 Å². The number of nitrogens with one attached hydrogen (secondary N) is 1. The summed E-state index contributed by atoms with van der Waals surface area (Å²) in [6.45, 7) is 29.9. The Kier molecular flexibility index (Phi) is 14.6. The monoisotopic (exact) mass is 1070 g/mol. The van der Waals surface area contributed by atoms with Gasteiger partial charge in [0.15, 0.2) is 23.0 Å². The highest BCUT2D eigenvalue weighted by molar-refractivity contribution is 9.10. The van der Waals surface area contributed by atoms with Crippen LogP contribution in [0.15, 0.2) is 65.1 Å². The van der Waals surface area contributed by atoms with Crippen molar-refractivity contribution in [1.82, 2.24) is 0 Å². The molecule has 8 nitrogen and oxygen atoms in total. The lowest BCUT2D eigenvalue weighted by atomic mass is 9.59. The first kappa shape index (κ1) is 55.2. The number of phenols is 6. The molecule has 0 radical (unpaired) electrons. The maximum Gasteiger partial charge on any atom is 0.186 e. The van der Waals surface area contributed by atoms with Crippen LogP contribution in [0, 0.1) is 10.8 Å². The Balaban J connectivity index is 1.34. The van der Waals surface area contributed by atoms with E-state index in [2.05, 4.69) is 149 Å². The van der Waals surface area contributed by atoms with Crippen molar-refractivity contribution in [3.05, 3.63) is 98.5 Å². The van der Waals surface area contributed by atoms with Crippen LogP contribution in [-0.4, -0.2) is 30.6 Å². The van der Waals surface area contributed by atoms with E-state index in [0.717, 1.165) is 72.7 Å². The van der Waals surface area contributed by atoms with Gasteiger partial charge in [-0.2, -0.15) is 0 Å². The number of nitrogens with zero attached hydrogens (tertiary/aromatic N) is 1. The molecule has 74 heavy (non-hydrogen) atoms. The van der Waals surface area contributed by atoms with Crippen LogP contribution in [0.4, 0.5) is 28.4 Å². The van der Waals surface area contributed by atoms with Crippen molar-refractivity contribution >= 4 is 44.4 Å². The Labute approximate surface area is 451 Å². The van der Waals surface area contributed by atoms with Gasteiger partial charge in [-0.3, -0.25) is 0 Å². The Morgan fingerprint density at radius 3 is 1.34 bits per heavy atom. The third kappa shape index (κ3) is 8.16. The molecule has 400 valence electrons. The van der Waals surface area contributed by atoms with Crippen molar-refractivity contribution in [1.29, 1.82) is 0 Å². The minimum absolute atomic E-state index is 0.0496. The third-order valence-corrected chi connectivity index (χ3v) is 21.2. The van der Waals surface area contributed by atoms with Gasteiger partial charge in [0.1, 0.15) is 22.9 Å². The second kappa shape index (κ2) is 19.5. The number of phenolic OH excluding ortho intramolecular Hbond substituents is 6. The molecule has 0 bridgehead atoms. The number of fused-ring (bicyclic) bond motifs is 5. The largest absolute Gasteiger partial charge is 0.505 e. The van der Waals surface area contributed by atoms with Crippen molar-refractivity contribution < 1.29 is 30.6 Å². The van der Waals surface area contributed by atoms with Crippen LogP contribution in [0.5, 0.6) is 34.5 Å². The molecule has 8 rings (SSSR count). The molecule has 0 saturated heterocycles. The second-order valence-corrected chi connectivity index (χ2v) is 26.5. The maximum absolute atomic E-state index is 12.9. The van der Waals surface area contributed by atoms with Crippen LogP contribution >= 0.6 is 15.9 Å². The Morgan fingerprint density at radius 2 is 0.838 bits per heavy atom. The summed E-state index contributed by atoms with van der Waals surface area (Å²) >= 11 is 3.65. The minimum Gasteiger partial charge on any atom is -0.505 e. The van der Waals surface area contributed by atoms with Crippen molar-refractivity contribution in [3.8, 4) is 45.6 Å². The fraction of sp³-hybridized carbons (Fsp3) is 0.538. The summed E-state index contributed by atoms with van der Waals surface area (Å²) in [5, 5.41) is 77.1. The number of benzene rings is 5. The molecule has 0 atom stereocenters. The lowest BCUT2D eigenvalue weighted by Gasteiger charge is -2.44. The fourth-order valence-electron chi connectivity index (χ4n) is 13.9. The molecule has 0 fully saturated rings. The Morgan fingerprint density at radius 1 is 0.432 bits per heavy atom. The van der Waals surface area contributed by atoms with Crippen molar-refractivity contribution in [2.45, 2.75) is 214 Å². The number of hydrogen-bond donors (Lipinski definition) is 7. The highest BCUT2D eigenvalue weighted by atomic mass is 79.9. The number of hydrogen-bond acceptors (Lipinski definition) is 8. The van der Waals surface area contributed by atoms with E-state index in [0.29, 0.717) is 33.6 Å². The standard InChI is InChI=1S/C65H87BrN2O6/c1-15-17-19-21-23-25-35-65(36-26-24-22-20-18-16-2)45-37-40(67-51-53(69)47-49(55(71)57(51)73)61(7,8)63(11,12)59(47,3)4)29-33-43(45)44-34-32-42(38-46(44)65)68(41-30-27-39(66)28-31-41)52-54(70)48-50(56(72)58(52)74)62(9,10)64(13,14)60(48,5)6/h27-34,37-38,67,69-74H,15-26,35-36H2,1-14H3. The van der Waals surface area contributed by atoms with Crippen LogP contribution in [0.25, 0.3) is 11.1 Å². The summed E-state index contributed by atoms with van der Waals surface area (Å²) in [5.74, 6) is -1.25. The summed E-state index contributed by atoms with van der Waals surface area (Å²) in [4.78, 5) is 1.91. The fourth-order valence-corrected chi connectivity index (χ4v) is 14.2. The van der Waals surface area contributed by atoms with Crippen molar-refractivity contribution in [2.75, 3.05) is 10.2 Å². The Bertz CT molecular complexity index is 2930. The summed E-state index contributed by atoms with van der Waals surface area (Å²) < 4.78 is 0.884. The zero-order valence-electron chi connectivity index (χ0n) is 47.2. The zero-order valence-corrected chi connectivity index (χ0v) is 48.8. The normalized spacial score (nSPS) is 18.4. The van der Waals surface area contributed by atoms with E-state index in [1.54, 1.807) is 0 Å². The van der Waals surface area contributed by atoms with Crippen molar-refractivity contribution in [2.24, 2.45) is 10.8 Å². The molecule has 0 aromatic heterocycles. The summed E-state index contributed by atoms with van der Waals surface area (Å²) in [6.07, 6.45) is 15.5. The average molecular weight is 1070 g/mol. The van der Waals surface area contributed by atoms with E-state index in [1.807, 2.05) is 35.2 Å². The van der Waals surface area contributed by atoms with Gasteiger partial charge in [-0.1, -0.05) is 202 Å². The number of anilines is 5. The van der Waals surface area contributed by atoms with Gasteiger partial charge >= 0.3 is 0 Å². The van der Waals surface area contributed by atoms with Crippen LogP contribution < -0.4 is 10.2 Å². The van der Waals surface area contributed by atoms with Gasteiger partial charge in [-0.05, 0) is 116 Å². The van der Waals surface area contributed by atoms with E-state index in [9.17, 15) is 30.6 Å². The average Bonchev–Trinajstić information content (AvgIpc) is 3.71. The van der Waals surface area contributed by atoms with Crippen LogP contribution in [0.2, 0.25) is 0 Å². The first-order valence-electron chi connectivity index (χ1n) is 27.9. The molecule has 0 aliphatic heterocycles. The molecule has 3 aliphatic rings. The summed E-state index contributed by atoms with van der Waals surface area (Å²) in [5.41, 5.74) is 5.86. The molecule has 0 heterocycles. The van der Waals surface area contributed by atoms with E-state index >= 15 is 0 Å². The van der Waals surface area contributed by atoms with Crippen LogP contribution in [0.1, 0.15) is 220 Å². The van der Waals surface area contributed by atoms with Gasteiger partial charge < -0.3 is 40.9 Å². The molecule has 0 saturated carbocycles. The quantitative estimate of drug-likeness (QED) is 0.0247. The molecule has 3 aliphatic carbocycles. The number of aromatic hydroxyl groups is 6. The van der Waals surface area contributed by atoms with E-state index in [4.69, 9.17) is 0 Å². The summed E-state index contributed by atoms with van der Waals surface area (Å²) in [6, 6.07) is 20.7. The van der Waals surface area contributed by atoms with E-state index in [1.165, 1.54) is 49.7 Å². The number of rotatable bonds is 19. The Hall–Kier alpha value is -5.02. The van der Waals surface area contributed by atoms with Gasteiger partial charge in [0.2, 0.25) is 0 Å². The minimum atomic E-state index is -0.592. The molecule has 7 N–H and O–H groups in total. The predicted molar refractivity (Wildman–Crippen MR) is 310 cm³/mol. The topological polar surface area (TPSA) is 137 Å². The third-order valence-electron chi connectivity index (χ3n) is 20.7. The van der Waals surface area contributed by atoms with Crippen LogP contribution in [-0.2, 0) is 27.1 Å². The molecule has 9 heteroatoms. The predicted octanol–water partition coefficient (Wildman–Crippen LogP) is 18.9. The van der Waals surface area contributed by atoms with E-state index < -0.39 is 32.5 Å². The zero-order chi connectivity index (χ0) is 54.3. The lowest BCUT2D eigenvalue weighted by molar-refractivity contribution is 0.122.